The molecule has 0 radical (unpaired) electrons. The molecule has 0 heterocycles. The number of carbonyl (C=O) groups excluding carboxylic acids is 1. The molecule has 0 saturated heterocycles. The van der Waals surface area contributed by atoms with Gasteiger partial charge in [-0.25, -0.2) is 0 Å². The molecule has 0 amide bonds. The van der Waals surface area contributed by atoms with Crippen LogP contribution in [0.1, 0.15) is 46.5 Å². The van der Waals surface area contributed by atoms with Gasteiger partial charge in [0, 0.05) is 0 Å². The summed E-state index contributed by atoms with van der Waals surface area (Å²) in [6.07, 6.45) is 4.29. The Hall–Kier alpha value is -0.220. The van der Waals surface area contributed by atoms with E-state index in [1.165, 1.54) is 5.75 Å². The third-order valence-electron chi connectivity index (χ3n) is 3.97. The summed E-state index contributed by atoms with van der Waals surface area (Å²) in [6.45, 7) is 6.85. The van der Waals surface area contributed by atoms with Crippen molar-refractivity contribution in [1.29, 1.82) is 0 Å². The van der Waals surface area contributed by atoms with Crippen molar-refractivity contribution in [3.8, 4) is 0 Å². The minimum absolute atomic E-state index is 0.0474. The molecule has 1 rings (SSSR count). The molecule has 0 bridgehead atoms. The van der Waals surface area contributed by atoms with Crippen LogP contribution in [0.4, 0.5) is 0 Å². The molecule has 1 fully saturated rings. The van der Waals surface area contributed by atoms with Crippen molar-refractivity contribution in [2.75, 3.05) is 25.2 Å². The fourth-order valence-corrected chi connectivity index (χ4v) is 4.06. The van der Waals surface area contributed by atoms with Crippen LogP contribution in [-0.4, -0.2) is 36.7 Å². The Labute approximate surface area is 122 Å². The zero-order chi connectivity index (χ0) is 14.3. The van der Waals surface area contributed by atoms with E-state index in [0.717, 1.165) is 37.4 Å². The molecule has 1 saturated carbocycles. The molecule has 0 aromatic carbocycles. The molecule has 0 aromatic heterocycles. The van der Waals surface area contributed by atoms with E-state index in [1.54, 1.807) is 0 Å². The Morgan fingerprint density at radius 2 is 2.26 bits per heavy atom. The lowest BCUT2D eigenvalue weighted by Crippen LogP contribution is -2.54. The van der Waals surface area contributed by atoms with Crippen LogP contribution in [0.5, 0.6) is 0 Å². The Morgan fingerprint density at radius 3 is 2.84 bits per heavy atom. The fraction of sp³-hybridized carbons (Fsp3) is 0.933. The van der Waals surface area contributed by atoms with Gasteiger partial charge in [0.25, 0.3) is 0 Å². The van der Waals surface area contributed by atoms with Gasteiger partial charge in [0.1, 0.15) is 5.54 Å². The molecular formula is C15H29NO2S. The van der Waals surface area contributed by atoms with Crippen molar-refractivity contribution in [3.05, 3.63) is 0 Å². The van der Waals surface area contributed by atoms with Crippen molar-refractivity contribution >= 4 is 17.7 Å². The molecule has 19 heavy (non-hydrogen) atoms. The molecule has 3 nitrogen and oxygen atoms in total. The molecule has 0 aromatic rings. The van der Waals surface area contributed by atoms with E-state index < -0.39 is 5.54 Å². The smallest absolute Gasteiger partial charge is 0.326 e. The molecule has 1 aliphatic carbocycles. The molecule has 2 unspecified atom stereocenters. The zero-order valence-corrected chi connectivity index (χ0v) is 13.6. The standard InChI is InChI=1S/C15H29NO2S/c1-5-18-14(17)15(16-4)9-6-7-13(15)8-10-19-11-12(2)3/h12-13,16H,5-11H2,1-4H3. The van der Waals surface area contributed by atoms with Gasteiger partial charge in [-0.05, 0) is 56.6 Å². The van der Waals surface area contributed by atoms with Gasteiger partial charge in [-0.3, -0.25) is 4.79 Å². The lowest BCUT2D eigenvalue weighted by molar-refractivity contribution is -0.152. The van der Waals surface area contributed by atoms with Crippen LogP contribution in [0.3, 0.4) is 0 Å². The van der Waals surface area contributed by atoms with Gasteiger partial charge in [-0.2, -0.15) is 11.8 Å². The number of thioether (sulfide) groups is 1. The van der Waals surface area contributed by atoms with Gasteiger partial charge in [-0.15, -0.1) is 0 Å². The number of hydrogen-bond acceptors (Lipinski definition) is 4. The number of likely N-dealkylation sites (N-methyl/N-ethyl adjacent to an activating group) is 1. The van der Waals surface area contributed by atoms with Gasteiger partial charge < -0.3 is 10.1 Å². The quantitative estimate of drug-likeness (QED) is 0.550. The predicted octanol–water partition coefficient (Wildman–Crippen LogP) is 3.09. The second kappa shape index (κ2) is 8.15. The molecule has 0 spiro atoms. The Kier molecular flexibility index (Phi) is 7.22. The van der Waals surface area contributed by atoms with Crippen LogP contribution >= 0.6 is 11.8 Å². The normalized spacial score (nSPS) is 26.9. The summed E-state index contributed by atoms with van der Waals surface area (Å²) in [7, 11) is 1.90. The first kappa shape index (κ1) is 16.8. The van der Waals surface area contributed by atoms with Crippen molar-refractivity contribution in [1.82, 2.24) is 5.32 Å². The van der Waals surface area contributed by atoms with E-state index in [4.69, 9.17) is 4.74 Å². The number of rotatable bonds is 8. The first-order valence-electron chi connectivity index (χ1n) is 7.50. The minimum Gasteiger partial charge on any atom is -0.465 e. The first-order chi connectivity index (χ1) is 9.06. The third kappa shape index (κ3) is 4.38. The summed E-state index contributed by atoms with van der Waals surface area (Å²) in [6, 6.07) is 0. The van der Waals surface area contributed by atoms with E-state index in [0.29, 0.717) is 12.5 Å². The number of hydrogen-bond donors (Lipinski definition) is 1. The van der Waals surface area contributed by atoms with Crippen LogP contribution in [-0.2, 0) is 9.53 Å². The van der Waals surface area contributed by atoms with E-state index in [9.17, 15) is 4.79 Å². The summed E-state index contributed by atoms with van der Waals surface area (Å²) in [5, 5.41) is 3.28. The van der Waals surface area contributed by atoms with E-state index in [1.807, 2.05) is 25.7 Å². The second-order valence-corrected chi connectivity index (χ2v) is 6.94. The number of carbonyl (C=O) groups is 1. The monoisotopic (exact) mass is 287 g/mol. The highest BCUT2D eigenvalue weighted by Crippen LogP contribution is 2.39. The third-order valence-corrected chi connectivity index (χ3v) is 5.40. The van der Waals surface area contributed by atoms with E-state index >= 15 is 0 Å². The minimum atomic E-state index is -0.422. The lowest BCUT2D eigenvalue weighted by atomic mass is 9.85. The van der Waals surface area contributed by atoms with E-state index in [2.05, 4.69) is 19.2 Å². The first-order valence-corrected chi connectivity index (χ1v) is 8.66. The number of ether oxygens (including phenoxy) is 1. The summed E-state index contributed by atoms with van der Waals surface area (Å²) in [5.41, 5.74) is -0.422. The molecule has 1 aliphatic rings. The summed E-state index contributed by atoms with van der Waals surface area (Å²) in [4.78, 5) is 12.3. The van der Waals surface area contributed by atoms with Crippen LogP contribution in [0.25, 0.3) is 0 Å². The molecule has 4 heteroatoms. The van der Waals surface area contributed by atoms with Gasteiger partial charge in [0.15, 0.2) is 0 Å². The van der Waals surface area contributed by atoms with Crippen LogP contribution in [0.2, 0.25) is 0 Å². The van der Waals surface area contributed by atoms with Gasteiger partial charge in [0.05, 0.1) is 6.61 Å². The average Bonchev–Trinajstić information content (AvgIpc) is 2.79. The van der Waals surface area contributed by atoms with Crippen LogP contribution in [0, 0.1) is 11.8 Å². The topological polar surface area (TPSA) is 38.3 Å². The van der Waals surface area contributed by atoms with Crippen LogP contribution in [0.15, 0.2) is 0 Å². The SMILES string of the molecule is CCOC(=O)C1(NC)CCCC1CCSCC(C)C. The zero-order valence-electron chi connectivity index (χ0n) is 12.8. The molecule has 2 atom stereocenters. The molecule has 1 N–H and O–H groups in total. The molecule has 0 aliphatic heterocycles. The maximum atomic E-state index is 12.3. The summed E-state index contributed by atoms with van der Waals surface area (Å²) in [5.74, 6) is 3.47. The maximum Gasteiger partial charge on any atom is 0.326 e. The fourth-order valence-electron chi connectivity index (χ4n) is 2.97. The lowest BCUT2D eigenvalue weighted by Gasteiger charge is -2.33. The van der Waals surface area contributed by atoms with Crippen molar-refractivity contribution in [3.63, 3.8) is 0 Å². The summed E-state index contributed by atoms with van der Waals surface area (Å²) < 4.78 is 5.29. The molecular weight excluding hydrogens is 258 g/mol. The van der Waals surface area contributed by atoms with Crippen molar-refractivity contribution < 1.29 is 9.53 Å². The van der Waals surface area contributed by atoms with Gasteiger partial charge in [-0.1, -0.05) is 20.3 Å². The van der Waals surface area contributed by atoms with Gasteiger partial charge >= 0.3 is 5.97 Å². The van der Waals surface area contributed by atoms with Crippen molar-refractivity contribution in [2.45, 2.75) is 52.0 Å². The number of esters is 1. The average molecular weight is 287 g/mol. The Bertz CT molecular complexity index is 283. The van der Waals surface area contributed by atoms with Gasteiger partial charge in [0.2, 0.25) is 0 Å². The van der Waals surface area contributed by atoms with E-state index in [-0.39, 0.29) is 5.97 Å². The maximum absolute atomic E-state index is 12.3. The Balaban J connectivity index is 2.52. The highest BCUT2D eigenvalue weighted by molar-refractivity contribution is 7.99. The van der Waals surface area contributed by atoms with Crippen LogP contribution < -0.4 is 5.32 Å². The largest absolute Gasteiger partial charge is 0.465 e. The predicted molar refractivity (Wildman–Crippen MR) is 82.5 cm³/mol. The Morgan fingerprint density at radius 1 is 1.53 bits per heavy atom. The van der Waals surface area contributed by atoms with Crippen molar-refractivity contribution in [2.24, 2.45) is 11.8 Å². The number of nitrogens with one attached hydrogen (secondary N) is 1. The molecule has 112 valence electrons. The second-order valence-electron chi connectivity index (χ2n) is 5.79. The highest BCUT2D eigenvalue weighted by Gasteiger charge is 2.48. The highest BCUT2D eigenvalue weighted by atomic mass is 32.2. The summed E-state index contributed by atoms with van der Waals surface area (Å²) >= 11 is 2.00.